The fourth-order valence-electron chi connectivity index (χ4n) is 5.55. The van der Waals surface area contributed by atoms with E-state index in [1.165, 1.54) is 45.1 Å². The van der Waals surface area contributed by atoms with Gasteiger partial charge in [0.1, 0.15) is 0 Å². The Morgan fingerprint density at radius 1 is 1.16 bits per heavy atom. The second kappa shape index (κ2) is 3.25. The molecule has 0 aromatic heterocycles. The quantitative estimate of drug-likeness (QED) is 0.742. The summed E-state index contributed by atoms with van der Waals surface area (Å²) < 4.78 is 0. The monoisotopic (exact) mass is 253 g/mol. The fourth-order valence-corrected chi connectivity index (χ4v) is 5.55. The van der Waals surface area contributed by atoms with Crippen molar-refractivity contribution in [1.29, 1.82) is 0 Å². The Morgan fingerprint density at radius 3 is 2.74 bits per heavy atom. The third kappa shape index (κ3) is 1.21. The van der Waals surface area contributed by atoms with E-state index in [0.29, 0.717) is 5.41 Å². The molecule has 19 heavy (non-hydrogen) atoms. The molecule has 100 valence electrons. The molecule has 1 nitrogen and oxygen atoms in total. The number of rotatable bonds is 0. The Hall–Kier alpha value is -0.820. The summed E-state index contributed by atoms with van der Waals surface area (Å²) in [5.41, 5.74) is 8.18. The van der Waals surface area contributed by atoms with E-state index >= 15 is 0 Å². The molecule has 1 heteroatoms. The average Bonchev–Trinajstić information content (AvgIpc) is 3.25. The molecule has 1 aromatic carbocycles. The standard InChI is InChI=1S/C18H23N/c1-12-2-3-14-11-19-9-4-13-10-17(5-6-17)18(7-8-18)16(12)15(13)14/h2-3,13,19H,4-11H2,1H3. The van der Waals surface area contributed by atoms with Crippen molar-refractivity contribution in [3.05, 3.63) is 34.4 Å². The first-order valence-electron chi connectivity index (χ1n) is 8.09. The van der Waals surface area contributed by atoms with Gasteiger partial charge in [-0.2, -0.15) is 0 Å². The first-order chi connectivity index (χ1) is 9.26. The zero-order chi connectivity index (χ0) is 12.7. The second-order valence-corrected chi connectivity index (χ2v) is 7.56. The highest BCUT2D eigenvalue weighted by Crippen LogP contribution is 2.77. The molecule has 2 saturated carbocycles. The summed E-state index contributed by atoms with van der Waals surface area (Å²) in [7, 11) is 0. The lowest BCUT2D eigenvalue weighted by Crippen LogP contribution is -2.33. The SMILES string of the molecule is Cc1ccc2c3c1C1(CC1)C1(CC1)CC3CCNC2. The second-order valence-electron chi connectivity index (χ2n) is 7.56. The van der Waals surface area contributed by atoms with E-state index < -0.39 is 0 Å². The molecule has 0 bridgehead atoms. The van der Waals surface area contributed by atoms with Gasteiger partial charge >= 0.3 is 0 Å². The van der Waals surface area contributed by atoms with Crippen LogP contribution in [0.5, 0.6) is 0 Å². The van der Waals surface area contributed by atoms with Gasteiger partial charge in [0.25, 0.3) is 0 Å². The van der Waals surface area contributed by atoms with E-state index in [1.54, 1.807) is 16.7 Å². The van der Waals surface area contributed by atoms with Gasteiger partial charge in [-0.25, -0.2) is 0 Å². The molecular weight excluding hydrogens is 230 g/mol. The van der Waals surface area contributed by atoms with Crippen LogP contribution in [-0.4, -0.2) is 6.54 Å². The Balaban J connectivity index is 1.81. The van der Waals surface area contributed by atoms with Crippen molar-refractivity contribution in [2.24, 2.45) is 5.41 Å². The van der Waals surface area contributed by atoms with Gasteiger partial charge < -0.3 is 5.32 Å². The summed E-state index contributed by atoms with van der Waals surface area (Å²) in [4.78, 5) is 0. The molecule has 1 atom stereocenters. The fraction of sp³-hybridized carbons (Fsp3) is 0.667. The first-order valence-corrected chi connectivity index (χ1v) is 8.09. The van der Waals surface area contributed by atoms with Crippen LogP contribution >= 0.6 is 0 Å². The molecule has 4 aliphatic rings. The lowest BCUT2D eigenvalue weighted by molar-refractivity contribution is 0.285. The Labute approximate surface area is 115 Å². The van der Waals surface area contributed by atoms with Crippen LogP contribution in [0, 0.1) is 12.3 Å². The minimum absolute atomic E-state index is 0.628. The van der Waals surface area contributed by atoms with Crippen LogP contribution in [-0.2, 0) is 12.0 Å². The number of benzene rings is 1. The molecule has 1 aromatic rings. The molecule has 1 N–H and O–H groups in total. The molecule has 2 fully saturated rings. The maximum atomic E-state index is 3.64. The summed E-state index contributed by atoms with van der Waals surface area (Å²) in [6.07, 6.45) is 8.84. The van der Waals surface area contributed by atoms with Crippen LogP contribution in [0.15, 0.2) is 12.1 Å². The van der Waals surface area contributed by atoms with Crippen LogP contribution < -0.4 is 5.32 Å². The van der Waals surface area contributed by atoms with Crippen molar-refractivity contribution in [2.75, 3.05) is 6.54 Å². The highest BCUT2D eigenvalue weighted by Gasteiger charge is 2.69. The smallest absolute Gasteiger partial charge is 0.0208 e. The average molecular weight is 253 g/mol. The lowest BCUT2D eigenvalue weighted by Gasteiger charge is -2.41. The Kier molecular flexibility index (Phi) is 1.87. The molecule has 5 rings (SSSR count). The number of aryl methyl sites for hydroxylation is 1. The Bertz CT molecular complexity index is 563. The van der Waals surface area contributed by atoms with E-state index in [2.05, 4.69) is 24.4 Å². The van der Waals surface area contributed by atoms with Crippen molar-refractivity contribution in [1.82, 2.24) is 5.32 Å². The van der Waals surface area contributed by atoms with Crippen LogP contribution in [0.1, 0.15) is 66.7 Å². The maximum Gasteiger partial charge on any atom is 0.0208 e. The summed E-state index contributed by atoms with van der Waals surface area (Å²) in [5.74, 6) is 0.855. The van der Waals surface area contributed by atoms with E-state index in [4.69, 9.17) is 0 Å². The summed E-state index contributed by atoms with van der Waals surface area (Å²) in [5, 5.41) is 3.64. The van der Waals surface area contributed by atoms with Gasteiger partial charge in [-0.3, -0.25) is 0 Å². The van der Waals surface area contributed by atoms with Gasteiger partial charge in [-0.05, 0) is 85.6 Å². The highest BCUT2D eigenvalue weighted by molar-refractivity contribution is 5.55. The number of hydrogen-bond donors (Lipinski definition) is 1. The molecule has 3 aliphatic carbocycles. The lowest BCUT2D eigenvalue weighted by atomic mass is 9.63. The summed E-state index contributed by atoms with van der Waals surface area (Å²) in [6.45, 7) is 4.68. The number of fused-ring (bicyclic) bond motifs is 2. The first kappa shape index (κ1) is 10.9. The van der Waals surface area contributed by atoms with E-state index in [1.807, 2.05) is 5.56 Å². The molecule has 1 unspecified atom stereocenters. The number of nitrogens with one attached hydrogen (secondary N) is 1. The zero-order valence-corrected chi connectivity index (χ0v) is 11.9. The largest absolute Gasteiger partial charge is 0.313 e. The van der Waals surface area contributed by atoms with Crippen LogP contribution in [0.4, 0.5) is 0 Å². The third-order valence-electron chi connectivity index (χ3n) is 6.67. The minimum Gasteiger partial charge on any atom is -0.313 e. The van der Waals surface area contributed by atoms with Gasteiger partial charge in [0.15, 0.2) is 0 Å². The van der Waals surface area contributed by atoms with Crippen molar-refractivity contribution >= 4 is 0 Å². The van der Waals surface area contributed by atoms with Crippen LogP contribution in [0.3, 0.4) is 0 Å². The summed E-state index contributed by atoms with van der Waals surface area (Å²) >= 11 is 0. The molecule has 0 saturated heterocycles. The Morgan fingerprint density at radius 2 is 2.00 bits per heavy atom. The predicted molar refractivity (Wildman–Crippen MR) is 77.4 cm³/mol. The summed E-state index contributed by atoms with van der Waals surface area (Å²) in [6, 6.07) is 4.81. The molecule has 0 amide bonds. The van der Waals surface area contributed by atoms with Gasteiger partial charge in [0.05, 0.1) is 0 Å². The van der Waals surface area contributed by atoms with Crippen molar-refractivity contribution in [3.63, 3.8) is 0 Å². The number of hydrogen-bond acceptors (Lipinski definition) is 1. The molecule has 1 aliphatic heterocycles. The van der Waals surface area contributed by atoms with E-state index in [-0.39, 0.29) is 0 Å². The molecule has 2 spiro atoms. The third-order valence-corrected chi connectivity index (χ3v) is 6.67. The van der Waals surface area contributed by atoms with Crippen LogP contribution in [0.25, 0.3) is 0 Å². The van der Waals surface area contributed by atoms with Gasteiger partial charge in [0, 0.05) is 12.0 Å². The van der Waals surface area contributed by atoms with E-state index in [0.717, 1.165) is 17.9 Å². The predicted octanol–water partition coefficient (Wildman–Crippen LogP) is 3.79. The van der Waals surface area contributed by atoms with Gasteiger partial charge in [0.2, 0.25) is 0 Å². The van der Waals surface area contributed by atoms with Crippen molar-refractivity contribution < 1.29 is 0 Å². The van der Waals surface area contributed by atoms with Crippen LogP contribution in [0.2, 0.25) is 0 Å². The van der Waals surface area contributed by atoms with Gasteiger partial charge in [-0.1, -0.05) is 12.1 Å². The van der Waals surface area contributed by atoms with E-state index in [9.17, 15) is 0 Å². The van der Waals surface area contributed by atoms with Crippen molar-refractivity contribution in [3.8, 4) is 0 Å². The molecule has 0 radical (unpaired) electrons. The highest BCUT2D eigenvalue weighted by atomic mass is 14.9. The molecule has 1 heterocycles. The molecular formula is C18H23N. The zero-order valence-electron chi connectivity index (χ0n) is 11.9. The normalized spacial score (nSPS) is 31.9. The topological polar surface area (TPSA) is 12.0 Å². The minimum atomic E-state index is 0.628. The maximum absolute atomic E-state index is 3.64. The van der Waals surface area contributed by atoms with Crippen molar-refractivity contribution in [2.45, 2.75) is 63.3 Å². The van der Waals surface area contributed by atoms with Gasteiger partial charge in [-0.15, -0.1) is 0 Å².